The van der Waals surface area contributed by atoms with Crippen LogP contribution in [-0.4, -0.2) is 18.6 Å². The molecule has 0 aliphatic heterocycles. The molecule has 20 heavy (non-hydrogen) atoms. The van der Waals surface area contributed by atoms with Crippen molar-refractivity contribution in [2.75, 3.05) is 0 Å². The summed E-state index contributed by atoms with van der Waals surface area (Å²) < 4.78 is 0. The summed E-state index contributed by atoms with van der Waals surface area (Å²) in [6, 6.07) is 2.06. The molecule has 2 rings (SSSR count). The van der Waals surface area contributed by atoms with E-state index in [9.17, 15) is 0 Å². The molecule has 0 bridgehead atoms. The molecule has 0 fully saturated rings. The maximum absolute atomic E-state index is 3.18. The third-order valence-electron chi connectivity index (χ3n) is 2.48. The Morgan fingerprint density at radius 1 is 1.15 bits per heavy atom. The minimum absolute atomic E-state index is 0. The van der Waals surface area contributed by atoms with Gasteiger partial charge in [-0.25, -0.2) is 12.2 Å². The van der Waals surface area contributed by atoms with Gasteiger partial charge in [0, 0.05) is 0 Å². The minimum Gasteiger partial charge on any atom is -1.00 e. The Labute approximate surface area is 156 Å². The van der Waals surface area contributed by atoms with Gasteiger partial charge in [0.2, 0.25) is 0 Å². The van der Waals surface area contributed by atoms with Gasteiger partial charge in [-0.3, -0.25) is 0 Å². The number of allylic oxidation sites excluding steroid dienone is 4. The van der Waals surface area contributed by atoms with E-state index in [0.717, 1.165) is 0 Å². The second-order valence-electron chi connectivity index (χ2n) is 5.35. The Balaban J connectivity index is -0.000000252. The Bertz CT molecular complexity index is 425. The summed E-state index contributed by atoms with van der Waals surface area (Å²) in [6.07, 6.45) is 14.3. The van der Waals surface area contributed by atoms with Gasteiger partial charge in [-0.2, -0.15) is 29.6 Å². The van der Waals surface area contributed by atoms with Gasteiger partial charge in [0.25, 0.3) is 0 Å². The molecule has 108 valence electrons. The van der Waals surface area contributed by atoms with Gasteiger partial charge in [0.05, 0.1) is 0 Å². The number of nitrogens with one attached hydrogen (secondary N) is 1. The Morgan fingerprint density at radius 2 is 1.75 bits per heavy atom. The van der Waals surface area contributed by atoms with Crippen LogP contribution in [0.15, 0.2) is 30.5 Å². The molecule has 0 unspecified atom stereocenters. The molecule has 1 heterocycles. The van der Waals surface area contributed by atoms with Crippen LogP contribution in [0.3, 0.4) is 0 Å². The van der Waals surface area contributed by atoms with E-state index < -0.39 is 0 Å². The number of H-pyrrole nitrogens is 1. The first kappa shape index (κ1) is 25.3. The molecule has 0 radical (unpaired) electrons. The molecule has 1 aromatic heterocycles. The van der Waals surface area contributed by atoms with Crippen LogP contribution in [0.25, 0.3) is 0 Å². The first-order valence-electron chi connectivity index (χ1n) is 5.90. The number of halogens is 2. The summed E-state index contributed by atoms with van der Waals surface area (Å²) in [5.74, 6) is 0. The molecule has 1 aromatic rings. The molecule has 1 nitrogen and oxygen atoms in total. The van der Waals surface area contributed by atoms with Crippen molar-refractivity contribution in [2.45, 2.75) is 39.3 Å². The summed E-state index contributed by atoms with van der Waals surface area (Å²) in [5, 5.41) is 1.41. The molecular formula is C15H21Cl2NSiZr. The van der Waals surface area contributed by atoms with Gasteiger partial charge < -0.3 is 29.8 Å². The van der Waals surface area contributed by atoms with Crippen LogP contribution in [-0.2, 0) is 31.6 Å². The second-order valence-corrected chi connectivity index (χ2v) is 7.89. The van der Waals surface area contributed by atoms with Crippen molar-refractivity contribution in [1.29, 1.82) is 0 Å². The maximum Gasteiger partial charge on any atom is 4.00 e. The van der Waals surface area contributed by atoms with Crippen molar-refractivity contribution < 1.29 is 51.0 Å². The van der Waals surface area contributed by atoms with Crippen molar-refractivity contribution >= 4 is 13.6 Å². The average Bonchev–Trinajstić information content (AvgIpc) is 2.92. The van der Waals surface area contributed by atoms with Gasteiger partial charge in [0.15, 0.2) is 0 Å². The maximum atomic E-state index is 3.18. The van der Waals surface area contributed by atoms with Crippen LogP contribution in [0.2, 0.25) is 13.1 Å². The van der Waals surface area contributed by atoms with Gasteiger partial charge in [0.1, 0.15) is 0 Å². The molecule has 1 N–H and O–H groups in total. The van der Waals surface area contributed by atoms with Crippen molar-refractivity contribution in [2.24, 2.45) is 0 Å². The summed E-state index contributed by atoms with van der Waals surface area (Å²) in [5.41, 5.74) is 1.47. The molecule has 0 saturated heterocycles. The van der Waals surface area contributed by atoms with E-state index in [2.05, 4.69) is 63.3 Å². The normalized spacial score (nSPS) is 11.6. The first-order chi connectivity index (χ1) is 7.91. The van der Waals surface area contributed by atoms with E-state index in [1.165, 1.54) is 10.7 Å². The van der Waals surface area contributed by atoms with E-state index in [0.29, 0.717) is 0 Å². The second kappa shape index (κ2) is 11.9. The fraction of sp³-hybridized carbons (Fsp3) is 0.400. The predicted octanol–water partition coefficient (Wildman–Crippen LogP) is -2.46. The smallest absolute Gasteiger partial charge is 1.00 e. The number of aromatic nitrogens is 1. The van der Waals surface area contributed by atoms with E-state index in [-0.39, 0.29) is 64.8 Å². The van der Waals surface area contributed by atoms with Crippen molar-refractivity contribution in [3.63, 3.8) is 0 Å². The molecular weight excluding hydrogens is 384 g/mol. The number of hydrogen-bond donors (Lipinski definition) is 1. The Morgan fingerprint density at radius 3 is 1.95 bits per heavy atom. The van der Waals surface area contributed by atoms with Gasteiger partial charge in [-0.15, -0.1) is 11.8 Å². The number of rotatable bonds is 0. The standard InChI is InChI=1S/C8H12N.C7H9Si.2ClH.Zr/c1-8(2,3)7-4-5-9-6-7;1-8(2)7-5-3-4-6-7;;;/h4-5,9H,1-3H3;3-5H,1-2H3;2*1H;/q2*-1;;;+4/p-2. The van der Waals surface area contributed by atoms with Crippen LogP contribution in [0.1, 0.15) is 26.3 Å². The molecule has 1 aliphatic carbocycles. The Kier molecular flexibility index (Phi) is 15.1. The van der Waals surface area contributed by atoms with E-state index in [4.69, 9.17) is 0 Å². The molecule has 0 aromatic carbocycles. The number of aromatic amines is 1. The predicted molar refractivity (Wildman–Crippen MR) is 77.8 cm³/mol. The zero-order valence-electron chi connectivity index (χ0n) is 12.6. The zero-order chi connectivity index (χ0) is 12.9. The fourth-order valence-electron chi connectivity index (χ4n) is 1.36. The third-order valence-corrected chi connectivity index (χ3v) is 3.87. The van der Waals surface area contributed by atoms with Crippen LogP contribution in [0.4, 0.5) is 0 Å². The molecule has 5 heteroatoms. The molecule has 0 atom stereocenters. The summed E-state index contributed by atoms with van der Waals surface area (Å²) in [7, 11) is -0.225. The zero-order valence-corrected chi connectivity index (χ0v) is 17.6. The van der Waals surface area contributed by atoms with Gasteiger partial charge >= 0.3 is 26.2 Å². The summed E-state index contributed by atoms with van der Waals surface area (Å²) >= 11 is 0. The van der Waals surface area contributed by atoms with Crippen molar-refractivity contribution in [3.05, 3.63) is 48.3 Å². The van der Waals surface area contributed by atoms with E-state index in [1.54, 1.807) is 0 Å². The molecule has 0 amide bonds. The molecule has 1 aliphatic rings. The molecule has 0 saturated carbocycles. The molecule has 0 spiro atoms. The minimum atomic E-state index is -0.225. The van der Waals surface area contributed by atoms with E-state index >= 15 is 0 Å². The monoisotopic (exact) mass is 403 g/mol. The van der Waals surface area contributed by atoms with Crippen molar-refractivity contribution in [3.8, 4) is 0 Å². The van der Waals surface area contributed by atoms with Gasteiger partial charge in [-0.05, 0) is 13.8 Å². The first-order valence-corrected chi connectivity index (χ1v) is 8.40. The van der Waals surface area contributed by atoms with Crippen LogP contribution >= 0.6 is 0 Å². The topological polar surface area (TPSA) is 15.8 Å². The largest absolute Gasteiger partial charge is 4.00 e. The van der Waals surface area contributed by atoms with Gasteiger partial charge in [-0.1, -0.05) is 33.9 Å². The van der Waals surface area contributed by atoms with E-state index in [1.807, 2.05) is 18.3 Å². The van der Waals surface area contributed by atoms with Crippen LogP contribution in [0.5, 0.6) is 0 Å². The Hall–Kier alpha value is 0.310. The average molecular weight is 406 g/mol. The van der Waals surface area contributed by atoms with Crippen molar-refractivity contribution in [1.82, 2.24) is 4.98 Å². The van der Waals surface area contributed by atoms with Crippen LogP contribution < -0.4 is 24.8 Å². The van der Waals surface area contributed by atoms with Crippen LogP contribution in [0, 0.1) is 12.3 Å². The summed E-state index contributed by atoms with van der Waals surface area (Å²) in [4.78, 5) is 2.91. The number of hydrogen-bond acceptors (Lipinski definition) is 0. The summed E-state index contributed by atoms with van der Waals surface area (Å²) in [6.45, 7) is 11.1. The fourth-order valence-corrected chi connectivity index (χ4v) is 2.17. The quantitative estimate of drug-likeness (QED) is 0.364. The SMILES string of the molecule is CC(C)(C)c1[c-][nH]cc1.C[Si](C)=C1[C-]=CC=C1.[Cl-].[Cl-].[Zr+4]. The third kappa shape index (κ3) is 9.28.